The summed E-state index contributed by atoms with van der Waals surface area (Å²) in [6.07, 6.45) is 2.00. The minimum atomic E-state index is -0.0400. The quantitative estimate of drug-likeness (QED) is 0.749. The highest BCUT2D eigenvalue weighted by Gasteiger charge is 2.17. The molecule has 28 heavy (non-hydrogen) atoms. The Hall–Kier alpha value is -3.02. The average Bonchev–Trinajstić information content (AvgIpc) is 2.73. The van der Waals surface area contributed by atoms with Gasteiger partial charge in [-0.25, -0.2) is 0 Å². The van der Waals surface area contributed by atoms with Gasteiger partial charge in [-0.1, -0.05) is 29.8 Å². The van der Waals surface area contributed by atoms with Gasteiger partial charge in [0, 0.05) is 38.3 Å². The molecule has 2 amide bonds. The molecule has 1 N–H and O–H groups in total. The highest BCUT2D eigenvalue weighted by atomic mass is 16.5. The van der Waals surface area contributed by atoms with E-state index in [9.17, 15) is 9.59 Å². The third-order valence-corrected chi connectivity index (χ3v) is 5.05. The summed E-state index contributed by atoms with van der Waals surface area (Å²) in [5.41, 5.74) is 4.05. The van der Waals surface area contributed by atoms with E-state index in [1.807, 2.05) is 18.2 Å². The molecule has 2 aromatic rings. The van der Waals surface area contributed by atoms with E-state index in [1.165, 1.54) is 5.56 Å². The summed E-state index contributed by atoms with van der Waals surface area (Å²) in [6.45, 7) is 4.99. The normalized spacial score (nSPS) is 13.9. The number of nitrogens with one attached hydrogen (secondary N) is 1. The molecule has 1 saturated heterocycles. The lowest BCUT2D eigenvalue weighted by Gasteiger charge is -2.34. The number of piperazine rings is 1. The summed E-state index contributed by atoms with van der Waals surface area (Å²) in [4.78, 5) is 27.3. The zero-order valence-corrected chi connectivity index (χ0v) is 16.5. The van der Waals surface area contributed by atoms with E-state index in [0.717, 1.165) is 30.8 Å². The molecule has 0 radical (unpaired) electrons. The van der Waals surface area contributed by atoms with Crippen LogP contribution in [0.4, 0.5) is 11.4 Å². The van der Waals surface area contributed by atoms with Crippen LogP contribution in [-0.2, 0) is 16.0 Å². The standard InChI is InChI=1S/C22H27N3O3/c1-17-3-5-18(6-4-17)7-10-22(27)23-20-15-19(8-9-21(20)28-2)25-13-11-24(16-26)12-14-25/h3-6,8-9,15-16H,7,10-14H2,1-2H3,(H,23,27). The fraction of sp³-hybridized carbons (Fsp3) is 0.364. The Bertz CT molecular complexity index is 812. The Labute approximate surface area is 166 Å². The van der Waals surface area contributed by atoms with Gasteiger partial charge in [-0.2, -0.15) is 0 Å². The van der Waals surface area contributed by atoms with Gasteiger partial charge in [-0.15, -0.1) is 0 Å². The van der Waals surface area contributed by atoms with Crippen LogP contribution in [0.5, 0.6) is 5.75 Å². The van der Waals surface area contributed by atoms with Crippen molar-refractivity contribution in [1.82, 2.24) is 4.90 Å². The predicted molar refractivity (Wildman–Crippen MR) is 111 cm³/mol. The summed E-state index contributed by atoms with van der Waals surface area (Å²) < 4.78 is 5.41. The molecule has 2 aromatic carbocycles. The molecule has 0 atom stereocenters. The highest BCUT2D eigenvalue weighted by molar-refractivity contribution is 5.93. The number of nitrogens with zero attached hydrogens (tertiary/aromatic N) is 2. The number of hydrogen-bond acceptors (Lipinski definition) is 4. The maximum atomic E-state index is 12.5. The smallest absolute Gasteiger partial charge is 0.224 e. The Balaban J connectivity index is 1.63. The number of benzene rings is 2. The van der Waals surface area contributed by atoms with E-state index in [1.54, 1.807) is 12.0 Å². The summed E-state index contributed by atoms with van der Waals surface area (Å²) in [5, 5.41) is 2.99. The van der Waals surface area contributed by atoms with Gasteiger partial charge in [0.15, 0.2) is 0 Å². The van der Waals surface area contributed by atoms with Gasteiger partial charge < -0.3 is 19.9 Å². The Morgan fingerprint density at radius 3 is 2.46 bits per heavy atom. The largest absolute Gasteiger partial charge is 0.495 e. The number of methoxy groups -OCH3 is 1. The number of carbonyl (C=O) groups excluding carboxylic acids is 2. The number of aryl methyl sites for hydroxylation is 2. The molecule has 0 spiro atoms. The van der Waals surface area contributed by atoms with Crippen LogP contribution in [0.15, 0.2) is 42.5 Å². The van der Waals surface area contributed by atoms with Crippen molar-refractivity contribution in [3.8, 4) is 5.75 Å². The van der Waals surface area contributed by atoms with Crippen LogP contribution in [0.2, 0.25) is 0 Å². The monoisotopic (exact) mass is 381 g/mol. The highest BCUT2D eigenvalue weighted by Crippen LogP contribution is 2.30. The zero-order valence-electron chi connectivity index (χ0n) is 16.5. The molecule has 1 aliphatic heterocycles. The van der Waals surface area contributed by atoms with Crippen molar-refractivity contribution in [1.29, 1.82) is 0 Å². The number of rotatable bonds is 7. The summed E-state index contributed by atoms with van der Waals surface area (Å²) in [6, 6.07) is 14.0. The molecule has 1 heterocycles. The molecule has 0 aromatic heterocycles. The molecule has 0 saturated carbocycles. The van der Waals surface area contributed by atoms with Crippen LogP contribution in [0.3, 0.4) is 0 Å². The molecular weight excluding hydrogens is 354 g/mol. The third kappa shape index (κ3) is 5.03. The first-order valence-electron chi connectivity index (χ1n) is 9.57. The van der Waals surface area contributed by atoms with Crippen molar-refractivity contribution in [3.05, 3.63) is 53.6 Å². The van der Waals surface area contributed by atoms with Crippen LogP contribution < -0.4 is 15.0 Å². The van der Waals surface area contributed by atoms with Crippen LogP contribution in [0, 0.1) is 6.92 Å². The molecule has 0 aliphatic carbocycles. The van der Waals surface area contributed by atoms with Crippen molar-refractivity contribution >= 4 is 23.7 Å². The second-order valence-corrected chi connectivity index (χ2v) is 7.05. The van der Waals surface area contributed by atoms with Crippen molar-refractivity contribution in [2.24, 2.45) is 0 Å². The van der Waals surface area contributed by atoms with Gasteiger partial charge in [0.2, 0.25) is 12.3 Å². The molecule has 6 heteroatoms. The van der Waals surface area contributed by atoms with Gasteiger partial charge in [-0.05, 0) is 37.1 Å². The van der Waals surface area contributed by atoms with Crippen molar-refractivity contribution in [2.45, 2.75) is 19.8 Å². The SMILES string of the molecule is COc1ccc(N2CCN(C=O)CC2)cc1NC(=O)CCc1ccc(C)cc1. The molecule has 0 bridgehead atoms. The fourth-order valence-corrected chi connectivity index (χ4v) is 3.30. The molecular formula is C22H27N3O3. The van der Waals surface area contributed by atoms with Gasteiger partial charge in [0.25, 0.3) is 0 Å². The van der Waals surface area contributed by atoms with E-state index in [0.29, 0.717) is 37.4 Å². The maximum absolute atomic E-state index is 12.5. The van der Waals surface area contributed by atoms with Crippen LogP contribution in [-0.4, -0.2) is 50.5 Å². The van der Waals surface area contributed by atoms with Crippen molar-refractivity contribution < 1.29 is 14.3 Å². The number of carbonyl (C=O) groups is 2. The first-order valence-corrected chi connectivity index (χ1v) is 9.57. The lowest BCUT2D eigenvalue weighted by Crippen LogP contribution is -2.45. The number of hydrogen-bond donors (Lipinski definition) is 1. The summed E-state index contributed by atoms with van der Waals surface area (Å²) >= 11 is 0. The average molecular weight is 381 g/mol. The first kappa shape index (κ1) is 19.7. The molecule has 148 valence electrons. The van der Waals surface area contributed by atoms with Gasteiger partial charge in [-0.3, -0.25) is 9.59 Å². The van der Waals surface area contributed by atoms with Crippen LogP contribution in [0.1, 0.15) is 17.5 Å². The van der Waals surface area contributed by atoms with E-state index in [4.69, 9.17) is 4.74 Å². The molecule has 1 aliphatic rings. The van der Waals surface area contributed by atoms with E-state index in [-0.39, 0.29) is 5.91 Å². The zero-order chi connectivity index (χ0) is 19.9. The van der Waals surface area contributed by atoms with Crippen molar-refractivity contribution in [2.75, 3.05) is 43.5 Å². The second kappa shape index (κ2) is 9.26. The fourth-order valence-electron chi connectivity index (χ4n) is 3.30. The molecule has 0 unspecified atom stereocenters. The van der Waals surface area contributed by atoms with E-state index >= 15 is 0 Å². The minimum absolute atomic E-state index is 0.0400. The third-order valence-electron chi connectivity index (χ3n) is 5.05. The Kier molecular flexibility index (Phi) is 6.53. The molecule has 6 nitrogen and oxygen atoms in total. The lowest BCUT2D eigenvalue weighted by molar-refractivity contribution is -0.118. The molecule has 3 rings (SSSR count). The Morgan fingerprint density at radius 2 is 1.82 bits per heavy atom. The van der Waals surface area contributed by atoms with Gasteiger partial charge >= 0.3 is 0 Å². The van der Waals surface area contributed by atoms with E-state index in [2.05, 4.69) is 41.4 Å². The minimum Gasteiger partial charge on any atom is -0.495 e. The first-order chi connectivity index (χ1) is 13.6. The van der Waals surface area contributed by atoms with E-state index < -0.39 is 0 Å². The van der Waals surface area contributed by atoms with Crippen LogP contribution in [0.25, 0.3) is 0 Å². The summed E-state index contributed by atoms with van der Waals surface area (Å²) in [5.74, 6) is 0.598. The number of amides is 2. The topological polar surface area (TPSA) is 61.9 Å². The maximum Gasteiger partial charge on any atom is 0.224 e. The van der Waals surface area contributed by atoms with Crippen molar-refractivity contribution in [3.63, 3.8) is 0 Å². The Morgan fingerprint density at radius 1 is 1.11 bits per heavy atom. The van der Waals surface area contributed by atoms with Gasteiger partial charge in [0.1, 0.15) is 5.75 Å². The molecule has 1 fully saturated rings. The number of ether oxygens (including phenoxy) is 1. The van der Waals surface area contributed by atoms with Crippen LogP contribution >= 0.6 is 0 Å². The lowest BCUT2D eigenvalue weighted by atomic mass is 10.1. The summed E-state index contributed by atoms with van der Waals surface area (Å²) in [7, 11) is 1.60. The second-order valence-electron chi connectivity index (χ2n) is 7.05. The van der Waals surface area contributed by atoms with Gasteiger partial charge in [0.05, 0.1) is 12.8 Å². The predicted octanol–water partition coefficient (Wildman–Crippen LogP) is 2.85. The number of anilines is 2.